The summed E-state index contributed by atoms with van der Waals surface area (Å²) < 4.78 is 5.48. The lowest BCUT2D eigenvalue weighted by Gasteiger charge is -2.06. The molecule has 0 aliphatic carbocycles. The third kappa shape index (κ3) is 4.07. The molecule has 1 unspecified atom stereocenters. The molecule has 1 amide bonds. The molecule has 1 aromatic heterocycles. The highest BCUT2D eigenvalue weighted by Gasteiger charge is 2.13. The van der Waals surface area contributed by atoms with Gasteiger partial charge in [-0.05, 0) is 19.4 Å². The van der Waals surface area contributed by atoms with Crippen LogP contribution in [0, 0.1) is 6.92 Å². The molecule has 5 N–H and O–H groups in total. The van der Waals surface area contributed by atoms with Crippen molar-refractivity contribution in [1.29, 1.82) is 0 Å². The number of amides is 1. The first-order valence-corrected chi connectivity index (χ1v) is 6.67. The molecule has 0 radical (unpaired) electrons. The summed E-state index contributed by atoms with van der Waals surface area (Å²) in [6.45, 7) is 3.81. The van der Waals surface area contributed by atoms with Crippen LogP contribution in [0.2, 0.25) is 0 Å². The topological polar surface area (TPSA) is 94.3 Å². The number of aryl methyl sites for hydroxylation is 1. The molecular formula is C11H19N3O2S. The van der Waals surface area contributed by atoms with Gasteiger partial charge < -0.3 is 10.2 Å². The number of thioether (sulfide) groups is 1. The van der Waals surface area contributed by atoms with Crippen LogP contribution in [0.1, 0.15) is 35.2 Å². The number of nitrogens with two attached hydrogens (primary N) is 2. The molecule has 0 aliphatic rings. The SMILES string of the molecule is CCC(N)CSCc1cc(C(=O)NN)c(C)o1. The van der Waals surface area contributed by atoms with Gasteiger partial charge in [-0.25, -0.2) is 5.84 Å². The normalized spacial score (nSPS) is 12.5. The van der Waals surface area contributed by atoms with E-state index in [0.717, 1.165) is 17.9 Å². The van der Waals surface area contributed by atoms with Crippen molar-refractivity contribution in [2.75, 3.05) is 5.75 Å². The van der Waals surface area contributed by atoms with E-state index >= 15 is 0 Å². The molecule has 0 aromatic carbocycles. The van der Waals surface area contributed by atoms with Gasteiger partial charge in [0.2, 0.25) is 0 Å². The Bertz CT molecular complexity index is 379. The highest BCUT2D eigenvalue weighted by Crippen LogP contribution is 2.20. The molecule has 0 aliphatic heterocycles. The Morgan fingerprint density at radius 1 is 1.65 bits per heavy atom. The zero-order chi connectivity index (χ0) is 12.8. The van der Waals surface area contributed by atoms with Gasteiger partial charge in [0.05, 0.1) is 11.3 Å². The fourth-order valence-electron chi connectivity index (χ4n) is 1.35. The number of rotatable bonds is 6. The van der Waals surface area contributed by atoms with Gasteiger partial charge in [0, 0.05) is 11.8 Å². The van der Waals surface area contributed by atoms with E-state index in [4.69, 9.17) is 16.0 Å². The second-order valence-electron chi connectivity index (χ2n) is 3.84. The predicted octanol–water partition coefficient (Wildman–Crippen LogP) is 1.16. The lowest BCUT2D eigenvalue weighted by Crippen LogP contribution is -2.30. The molecule has 6 heteroatoms. The van der Waals surface area contributed by atoms with Crippen LogP contribution in [0.15, 0.2) is 10.5 Å². The molecular weight excluding hydrogens is 238 g/mol. The molecule has 0 saturated heterocycles. The maximum Gasteiger partial charge on any atom is 0.268 e. The number of hydrazine groups is 1. The van der Waals surface area contributed by atoms with Gasteiger partial charge in [0.15, 0.2) is 0 Å². The Hall–Kier alpha value is -0.980. The zero-order valence-electron chi connectivity index (χ0n) is 10.2. The predicted molar refractivity (Wildman–Crippen MR) is 69.5 cm³/mol. The summed E-state index contributed by atoms with van der Waals surface area (Å²) in [6.07, 6.45) is 0.963. The van der Waals surface area contributed by atoms with Crippen molar-refractivity contribution in [3.8, 4) is 0 Å². The lowest BCUT2D eigenvalue weighted by atomic mass is 10.2. The maximum absolute atomic E-state index is 11.4. The average molecular weight is 257 g/mol. The van der Waals surface area contributed by atoms with Crippen LogP contribution in [-0.4, -0.2) is 17.7 Å². The number of hydrogen-bond acceptors (Lipinski definition) is 5. The van der Waals surface area contributed by atoms with Crippen LogP contribution in [0.3, 0.4) is 0 Å². The summed E-state index contributed by atoms with van der Waals surface area (Å²) in [7, 11) is 0. The Labute approximate surface area is 105 Å². The van der Waals surface area contributed by atoms with Gasteiger partial charge in [-0.2, -0.15) is 11.8 Å². The van der Waals surface area contributed by atoms with E-state index in [0.29, 0.717) is 17.1 Å². The number of furan rings is 1. The second-order valence-corrected chi connectivity index (χ2v) is 4.87. The van der Waals surface area contributed by atoms with Gasteiger partial charge in [-0.1, -0.05) is 6.92 Å². The van der Waals surface area contributed by atoms with Crippen molar-refractivity contribution in [1.82, 2.24) is 5.43 Å². The van der Waals surface area contributed by atoms with Crippen LogP contribution in [0.25, 0.3) is 0 Å². The first-order valence-electron chi connectivity index (χ1n) is 5.52. The highest BCUT2D eigenvalue weighted by atomic mass is 32.2. The smallest absolute Gasteiger partial charge is 0.268 e. The van der Waals surface area contributed by atoms with Crippen molar-refractivity contribution < 1.29 is 9.21 Å². The van der Waals surface area contributed by atoms with Crippen molar-refractivity contribution in [2.45, 2.75) is 32.1 Å². The minimum atomic E-state index is -0.326. The van der Waals surface area contributed by atoms with Crippen molar-refractivity contribution >= 4 is 17.7 Å². The Balaban J connectivity index is 2.53. The van der Waals surface area contributed by atoms with E-state index in [1.807, 2.05) is 0 Å². The zero-order valence-corrected chi connectivity index (χ0v) is 11.0. The van der Waals surface area contributed by atoms with Gasteiger partial charge in [0.25, 0.3) is 5.91 Å². The monoisotopic (exact) mass is 257 g/mol. The van der Waals surface area contributed by atoms with Crippen molar-refractivity contribution in [3.63, 3.8) is 0 Å². The standard InChI is InChI=1S/C11H19N3O2S/c1-3-8(12)5-17-6-9-4-10(7(2)16-9)11(15)14-13/h4,8H,3,5-6,12-13H2,1-2H3,(H,14,15). The molecule has 1 aromatic rings. The van der Waals surface area contributed by atoms with Gasteiger partial charge in [-0.15, -0.1) is 0 Å². The molecule has 1 atom stereocenters. The maximum atomic E-state index is 11.4. The van der Waals surface area contributed by atoms with Crippen molar-refractivity contribution in [3.05, 3.63) is 23.2 Å². The van der Waals surface area contributed by atoms with Crippen LogP contribution in [0.5, 0.6) is 0 Å². The number of hydrogen-bond donors (Lipinski definition) is 3. The third-order valence-corrected chi connectivity index (χ3v) is 3.60. The second kappa shape index (κ2) is 6.68. The molecule has 1 rings (SSSR count). The van der Waals surface area contributed by atoms with Crippen LogP contribution < -0.4 is 17.0 Å². The number of carbonyl (C=O) groups excluding carboxylic acids is 1. The van der Waals surface area contributed by atoms with Crippen LogP contribution >= 0.6 is 11.8 Å². The van der Waals surface area contributed by atoms with Crippen molar-refractivity contribution in [2.24, 2.45) is 11.6 Å². The number of carbonyl (C=O) groups is 1. The molecule has 1 heterocycles. The first kappa shape index (κ1) is 14.1. The molecule has 0 bridgehead atoms. The number of nitrogen functional groups attached to an aromatic ring is 1. The first-order chi connectivity index (χ1) is 8.08. The van der Waals surface area contributed by atoms with E-state index in [1.165, 1.54) is 0 Å². The van der Waals surface area contributed by atoms with E-state index < -0.39 is 0 Å². The molecule has 96 valence electrons. The van der Waals surface area contributed by atoms with Crippen LogP contribution in [-0.2, 0) is 5.75 Å². The minimum Gasteiger partial charge on any atom is -0.465 e. The van der Waals surface area contributed by atoms with E-state index in [-0.39, 0.29) is 11.9 Å². The third-order valence-electron chi connectivity index (χ3n) is 2.45. The summed E-state index contributed by atoms with van der Waals surface area (Å²) in [5.74, 6) is 7.71. The summed E-state index contributed by atoms with van der Waals surface area (Å²) in [6, 6.07) is 1.94. The largest absolute Gasteiger partial charge is 0.465 e. The highest BCUT2D eigenvalue weighted by molar-refractivity contribution is 7.98. The quantitative estimate of drug-likeness (QED) is 0.404. The van der Waals surface area contributed by atoms with Gasteiger partial charge >= 0.3 is 0 Å². The summed E-state index contributed by atoms with van der Waals surface area (Å²) in [5, 5.41) is 0. The van der Waals surface area contributed by atoms with Gasteiger partial charge in [-0.3, -0.25) is 10.2 Å². The summed E-state index contributed by atoms with van der Waals surface area (Å²) in [5.41, 5.74) is 8.39. The Morgan fingerprint density at radius 2 is 2.35 bits per heavy atom. The average Bonchev–Trinajstić information content (AvgIpc) is 2.69. The van der Waals surface area contributed by atoms with Gasteiger partial charge in [0.1, 0.15) is 11.5 Å². The fraction of sp³-hybridized carbons (Fsp3) is 0.545. The Kier molecular flexibility index (Phi) is 5.54. The molecule has 17 heavy (non-hydrogen) atoms. The minimum absolute atomic E-state index is 0.211. The lowest BCUT2D eigenvalue weighted by molar-refractivity contribution is 0.0952. The molecule has 0 saturated carbocycles. The molecule has 0 spiro atoms. The Morgan fingerprint density at radius 3 is 2.94 bits per heavy atom. The summed E-state index contributed by atoms with van der Waals surface area (Å²) >= 11 is 1.70. The van der Waals surface area contributed by atoms with E-state index in [9.17, 15) is 4.79 Å². The fourth-order valence-corrected chi connectivity index (χ4v) is 2.35. The van der Waals surface area contributed by atoms with E-state index in [2.05, 4.69) is 12.3 Å². The number of nitrogens with one attached hydrogen (secondary N) is 1. The summed E-state index contributed by atoms with van der Waals surface area (Å²) in [4.78, 5) is 11.4. The van der Waals surface area contributed by atoms with Crippen LogP contribution in [0.4, 0.5) is 0 Å². The molecule has 5 nitrogen and oxygen atoms in total. The molecule has 0 fully saturated rings. The van der Waals surface area contributed by atoms with E-state index in [1.54, 1.807) is 24.8 Å².